The zero-order valence-electron chi connectivity index (χ0n) is 19.7. The fourth-order valence-electron chi connectivity index (χ4n) is 5.33. The van der Waals surface area contributed by atoms with E-state index in [9.17, 15) is 19.5 Å². The number of alkyl carbamates (subject to hydrolysis) is 1. The molecule has 2 amide bonds. The molecule has 0 bridgehead atoms. The molecular formula is C27H32N2O5. The number of rotatable bonds is 8. The minimum absolute atomic E-state index is 0.0360. The average molecular weight is 465 g/mol. The Morgan fingerprint density at radius 1 is 1.03 bits per heavy atom. The van der Waals surface area contributed by atoms with Gasteiger partial charge in [0.1, 0.15) is 12.1 Å². The molecule has 3 unspecified atom stereocenters. The van der Waals surface area contributed by atoms with Crippen molar-refractivity contribution in [1.29, 1.82) is 0 Å². The van der Waals surface area contributed by atoms with Gasteiger partial charge in [0.15, 0.2) is 0 Å². The summed E-state index contributed by atoms with van der Waals surface area (Å²) < 4.78 is 5.63. The van der Waals surface area contributed by atoms with E-state index in [1.165, 1.54) is 6.92 Å². The summed E-state index contributed by atoms with van der Waals surface area (Å²) in [5, 5.41) is 15.1. The van der Waals surface area contributed by atoms with Crippen LogP contribution in [0.5, 0.6) is 0 Å². The number of hydrogen-bond acceptors (Lipinski definition) is 4. The number of hydrogen-bond donors (Lipinski definition) is 3. The topological polar surface area (TPSA) is 105 Å². The molecule has 0 aromatic heterocycles. The van der Waals surface area contributed by atoms with Gasteiger partial charge >= 0.3 is 12.1 Å². The largest absolute Gasteiger partial charge is 0.480 e. The molecule has 7 heteroatoms. The molecule has 0 heterocycles. The van der Waals surface area contributed by atoms with Gasteiger partial charge in [-0.25, -0.2) is 9.59 Å². The van der Waals surface area contributed by atoms with Crippen LogP contribution in [-0.4, -0.2) is 41.3 Å². The number of carbonyl (C=O) groups is 3. The molecule has 0 aliphatic heterocycles. The van der Waals surface area contributed by atoms with Crippen LogP contribution in [0.3, 0.4) is 0 Å². The van der Waals surface area contributed by atoms with Gasteiger partial charge in [-0.3, -0.25) is 4.79 Å². The van der Waals surface area contributed by atoms with Gasteiger partial charge in [0.05, 0.1) is 5.92 Å². The molecular weight excluding hydrogens is 432 g/mol. The lowest BCUT2D eigenvalue weighted by atomic mass is 9.94. The van der Waals surface area contributed by atoms with E-state index in [2.05, 4.69) is 34.9 Å². The maximum atomic E-state index is 12.9. The fraction of sp³-hybridized carbons (Fsp3) is 0.444. The van der Waals surface area contributed by atoms with E-state index in [0.29, 0.717) is 25.7 Å². The van der Waals surface area contributed by atoms with Gasteiger partial charge in [-0.2, -0.15) is 0 Å². The summed E-state index contributed by atoms with van der Waals surface area (Å²) in [4.78, 5) is 37.3. The molecule has 4 rings (SSSR count). The third kappa shape index (κ3) is 4.65. The number of ether oxygens (including phenoxy) is 1. The zero-order chi connectivity index (χ0) is 24.3. The van der Waals surface area contributed by atoms with E-state index in [4.69, 9.17) is 4.74 Å². The second-order valence-electron chi connectivity index (χ2n) is 9.49. The van der Waals surface area contributed by atoms with Crippen LogP contribution in [0.15, 0.2) is 48.5 Å². The summed E-state index contributed by atoms with van der Waals surface area (Å²) in [6.45, 7) is 3.61. The molecule has 2 aromatic carbocycles. The van der Waals surface area contributed by atoms with Crippen molar-refractivity contribution in [1.82, 2.24) is 10.6 Å². The molecule has 3 atom stereocenters. The highest BCUT2D eigenvalue weighted by atomic mass is 16.5. The van der Waals surface area contributed by atoms with Gasteiger partial charge in [0, 0.05) is 12.0 Å². The van der Waals surface area contributed by atoms with E-state index < -0.39 is 23.5 Å². The maximum absolute atomic E-state index is 12.9. The highest BCUT2D eigenvalue weighted by Gasteiger charge is 2.40. The van der Waals surface area contributed by atoms with E-state index in [1.54, 1.807) is 0 Å². The first kappa shape index (κ1) is 23.8. The lowest BCUT2D eigenvalue weighted by Gasteiger charge is -2.29. The molecule has 3 N–H and O–H groups in total. The first-order chi connectivity index (χ1) is 16.3. The summed E-state index contributed by atoms with van der Waals surface area (Å²) in [5.74, 6) is -1.90. The number of fused-ring (bicyclic) bond motifs is 3. The Kier molecular flexibility index (Phi) is 6.91. The molecule has 180 valence electrons. The lowest BCUT2D eigenvalue weighted by Crippen LogP contribution is -2.55. The minimum Gasteiger partial charge on any atom is -0.480 e. The number of benzene rings is 2. The molecule has 34 heavy (non-hydrogen) atoms. The Balaban J connectivity index is 1.38. The smallest absolute Gasteiger partial charge is 0.407 e. The summed E-state index contributed by atoms with van der Waals surface area (Å²) in [5.41, 5.74) is 3.28. The van der Waals surface area contributed by atoms with Crippen LogP contribution in [0.4, 0.5) is 4.79 Å². The Morgan fingerprint density at radius 2 is 1.65 bits per heavy atom. The van der Waals surface area contributed by atoms with E-state index in [-0.39, 0.29) is 24.5 Å². The number of carboxylic acids is 1. The molecule has 2 aliphatic rings. The fourth-order valence-corrected chi connectivity index (χ4v) is 5.33. The summed E-state index contributed by atoms with van der Waals surface area (Å²) in [6, 6.07) is 15.9. The van der Waals surface area contributed by atoms with Crippen LogP contribution in [0, 0.1) is 5.92 Å². The van der Waals surface area contributed by atoms with E-state index >= 15 is 0 Å². The number of nitrogens with one attached hydrogen (secondary N) is 2. The Morgan fingerprint density at radius 3 is 2.24 bits per heavy atom. The van der Waals surface area contributed by atoms with Crippen LogP contribution < -0.4 is 10.6 Å². The molecule has 1 fully saturated rings. The second-order valence-corrected chi connectivity index (χ2v) is 9.49. The Hall–Kier alpha value is -3.35. The molecule has 0 saturated heterocycles. The molecule has 7 nitrogen and oxygen atoms in total. The van der Waals surface area contributed by atoms with Crippen LogP contribution in [0.25, 0.3) is 11.1 Å². The predicted molar refractivity (Wildman–Crippen MR) is 128 cm³/mol. The third-order valence-electron chi connectivity index (χ3n) is 7.12. The average Bonchev–Trinajstić information content (AvgIpc) is 3.40. The highest BCUT2D eigenvalue weighted by molar-refractivity contribution is 5.88. The van der Waals surface area contributed by atoms with Gasteiger partial charge in [-0.1, -0.05) is 68.3 Å². The van der Waals surface area contributed by atoms with E-state index in [1.807, 2.05) is 31.2 Å². The van der Waals surface area contributed by atoms with Crippen LogP contribution in [-0.2, 0) is 14.3 Å². The standard InChI is InChI=1S/C27H32N2O5/c1-3-15-27(2,25(31)32)29-24(30)21-13-8-14-23(21)28-26(33)34-16-22-19-11-6-4-9-17(19)18-10-5-7-12-20(18)22/h4-7,9-12,21-23H,3,8,13-16H2,1-2H3,(H,28,33)(H,29,30)(H,31,32). The SMILES string of the molecule is CCCC(C)(NC(=O)C1CCCC1NC(=O)OCC1c2ccccc2-c2ccccc21)C(=O)O. The molecule has 2 aromatic rings. The lowest BCUT2D eigenvalue weighted by molar-refractivity contribution is -0.148. The molecule has 0 spiro atoms. The molecule has 0 radical (unpaired) electrons. The normalized spacial score (nSPS) is 20.6. The Bertz CT molecular complexity index is 1040. The van der Waals surface area contributed by atoms with Gasteiger partial charge in [0.2, 0.25) is 5.91 Å². The van der Waals surface area contributed by atoms with Gasteiger partial charge in [-0.15, -0.1) is 0 Å². The van der Waals surface area contributed by atoms with Crippen molar-refractivity contribution < 1.29 is 24.2 Å². The van der Waals surface area contributed by atoms with Crippen LogP contribution in [0.1, 0.15) is 63.0 Å². The number of amides is 2. The minimum atomic E-state index is -1.32. The van der Waals surface area contributed by atoms with Gasteiger partial charge in [-0.05, 0) is 48.4 Å². The van der Waals surface area contributed by atoms with Gasteiger partial charge in [0.25, 0.3) is 0 Å². The second kappa shape index (κ2) is 9.87. The van der Waals surface area contributed by atoms with Crippen molar-refractivity contribution in [2.75, 3.05) is 6.61 Å². The summed E-state index contributed by atoms with van der Waals surface area (Å²) >= 11 is 0. The van der Waals surface area contributed by atoms with Crippen molar-refractivity contribution >= 4 is 18.0 Å². The summed E-state index contributed by atoms with van der Waals surface area (Å²) in [7, 11) is 0. The number of carboxylic acid groups (broad SMARTS) is 1. The van der Waals surface area contributed by atoms with Crippen molar-refractivity contribution in [2.45, 2.75) is 63.5 Å². The highest BCUT2D eigenvalue weighted by Crippen LogP contribution is 2.44. The number of carbonyl (C=O) groups excluding carboxylic acids is 2. The maximum Gasteiger partial charge on any atom is 0.407 e. The third-order valence-corrected chi connectivity index (χ3v) is 7.12. The first-order valence-electron chi connectivity index (χ1n) is 12.0. The first-order valence-corrected chi connectivity index (χ1v) is 12.0. The van der Waals surface area contributed by atoms with Crippen molar-refractivity contribution in [3.8, 4) is 11.1 Å². The molecule has 2 aliphatic carbocycles. The van der Waals surface area contributed by atoms with Crippen LogP contribution >= 0.6 is 0 Å². The quantitative estimate of drug-likeness (QED) is 0.535. The van der Waals surface area contributed by atoms with Gasteiger partial charge < -0.3 is 20.5 Å². The monoisotopic (exact) mass is 464 g/mol. The van der Waals surface area contributed by atoms with Crippen molar-refractivity contribution in [3.63, 3.8) is 0 Å². The molecule has 1 saturated carbocycles. The predicted octanol–water partition coefficient (Wildman–Crippen LogP) is 4.45. The van der Waals surface area contributed by atoms with Crippen molar-refractivity contribution in [2.24, 2.45) is 5.92 Å². The van der Waals surface area contributed by atoms with E-state index in [0.717, 1.165) is 28.7 Å². The summed E-state index contributed by atoms with van der Waals surface area (Å²) in [6.07, 6.45) is 2.45. The zero-order valence-corrected chi connectivity index (χ0v) is 19.7. The Labute approximate surface area is 199 Å². The number of aliphatic carboxylic acids is 1. The van der Waals surface area contributed by atoms with Crippen molar-refractivity contribution in [3.05, 3.63) is 59.7 Å². The van der Waals surface area contributed by atoms with Crippen LogP contribution in [0.2, 0.25) is 0 Å².